The molecule has 1 heterocycles. The highest BCUT2D eigenvalue weighted by Gasteiger charge is 2.31. The topological polar surface area (TPSA) is 63.4 Å². The quantitative estimate of drug-likeness (QED) is 0.845. The van der Waals surface area contributed by atoms with Crippen LogP contribution in [-0.4, -0.2) is 32.4 Å². The van der Waals surface area contributed by atoms with Gasteiger partial charge < -0.3 is 5.73 Å². The first-order valence-electron chi connectivity index (χ1n) is 7.22. The van der Waals surface area contributed by atoms with Crippen molar-refractivity contribution in [3.8, 4) is 11.8 Å². The van der Waals surface area contributed by atoms with Gasteiger partial charge in [0.1, 0.15) is 0 Å². The highest BCUT2D eigenvalue weighted by atomic mass is 32.2. The normalized spacial score (nSPS) is 23.4. The molecule has 1 saturated heterocycles. The van der Waals surface area contributed by atoms with E-state index in [1.165, 1.54) is 0 Å². The summed E-state index contributed by atoms with van der Waals surface area (Å²) in [6.45, 7) is 5.69. The summed E-state index contributed by atoms with van der Waals surface area (Å²) in [6, 6.07) is 6.71. The van der Waals surface area contributed by atoms with Gasteiger partial charge in [-0.25, -0.2) is 8.42 Å². The van der Waals surface area contributed by atoms with Gasteiger partial charge in [0.2, 0.25) is 10.0 Å². The second-order valence-corrected chi connectivity index (χ2v) is 7.74. The second-order valence-electron chi connectivity index (χ2n) is 5.80. The Morgan fingerprint density at radius 1 is 1.19 bits per heavy atom. The summed E-state index contributed by atoms with van der Waals surface area (Å²) in [7, 11) is -3.40. The van der Waals surface area contributed by atoms with Gasteiger partial charge in [-0.2, -0.15) is 4.31 Å². The average molecular weight is 306 g/mol. The molecule has 1 fully saturated rings. The van der Waals surface area contributed by atoms with Crippen LogP contribution < -0.4 is 5.73 Å². The highest BCUT2D eigenvalue weighted by molar-refractivity contribution is 7.89. The number of benzene rings is 1. The van der Waals surface area contributed by atoms with E-state index in [-0.39, 0.29) is 0 Å². The first-order chi connectivity index (χ1) is 9.93. The fourth-order valence-electron chi connectivity index (χ4n) is 2.81. The predicted octanol–water partition coefficient (Wildman–Crippen LogP) is 1.66. The third-order valence-corrected chi connectivity index (χ3v) is 5.51. The van der Waals surface area contributed by atoms with Gasteiger partial charge in [-0.05, 0) is 42.5 Å². The third-order valence-electron chi connectivity index (χ3n) is 3.66. The van der Waals surface area contributed by atoms with Gasteiger partial charge >= 0.3 is 0 Å². The van der Waals surface area contributed by atoms with Crippen LogP contribution in [0.3, 0.4) is 0 Å². The zero-order valence-electron chi connectivity index (χ0n) is 12.5. The number of rotatable bonds is 2. The maximum absolute atomic E-state index is 12.7. The molecule has 1 aliphatic heterocycles. The van der Waals surface area contributed by atoms with E-state index in [9.17, 15) is 8.42 Å². The summed E-state index contributed by atoms with van der Waals surface area (Å²) in [5.41, 5.74) is 6.10. The number of sulfonamides is 1. The summed E-state index contributed by atoms with van der Waals surface area (Å²) in [5.74, 6) is 6.45. The lowest BCUT2D eigenvalue weighted by atomic mass is 9.94. The Labute approximate surface area is 127 Å². The van der Waals surface area contributed by atoms with E-state index in [0.717, 1.165) is 12.0 Å². The standard InChI is InChI=1S/C16H22N2O2S/c1-13-10-14(2)12-18(11-13)21(19,20)16-7-5-15(6-8-16)4-3-9-17/h5-8,13-14H,9-12,17H2,1-2H3. The van der Waals surface area contributed by atoms with E-state index in [4.69, 9.17) is 5.73 Å². The Morgan fingerprint density at radius 3 is 2.29 bits per heavy atom. The molecule has 5 heteroatoms. The number of nitrogens with two attached hydrogens (primary N) is 1. The van der Waals surface area contributed by atoms with Crippen molar-refractivity contribution in [2.75, 3.05) is 19.6 Å². The van der Waals surface area contributed by atoms with Gasteiger partial charge in [-0.3, -0.25) is 0 Å². The van der Waals surface area contributed by atoms with Crippen LogP contribution in [0.25, 0.3) is 0 Å². The van der Waals surface area contributed by atoms with Crippen molar-refractivity contribution in [2.24, 2.45) is 17.6 Å². The Hall–Kier alpha value is -1.35. The summed E-state index contributed by atoms with van der Waals surface area (Å²) in [5, 5.41) is 0. The molecule has 1 aliphatic rings. The van der Waals surface area contributed by atoms with Gasteiger partial charge in [-0.1, -0.05) is 25.7 Å². The number of nitrogens with zero attached hydrogens (tertiary/aromatic N) is 1. The van der Waals surface area contributed by atoms with Crippen molar-refractivity contribution in [1.29, 1.82) is 0 Å². The molecular weight excluding hydrogens is 284 g/mol. The largest absolute Gasteiger partial charge is 0.320 e. The van der Waals surface area contributed by atoms with Crippen molar-refractivity contribution in [2.45, 2.75) is 25.2 Å². The summed E-state index contributed by atoms with van der Waals surface area (Å²) >= 11 is 0. The lowest BCUT2D eigenvalue weighted by molar-refractivity contribution is 0.222. The monoisotopic (exact) mass is 306 g/mol. The minimum absolute atomic E-state index is 0.295. The molecule has 4 nitrogen and oxygen atoms in total. The van der Waals surface area contributed by atoms with Gasteiger partial charge in [-0.15, -0.1) is 0 Å². The van der Waals surface area contributed by atoms with Crippen LogP contribution in [0.1, 0.15) is 25.8 Å². The van der Waals surface area contributed by atoms with Crippen LogP contribution in [0.4, 0.5) is 0 Å². The summed E-state index contributed by atoms with van der Waals surface area (Å²) < 4.78 is 27.0. The summed E-state index contributed by atoms with van der Waals surface area (Å²) in [6.07, 6.45) is 1.08. The molecule has 2 unspecified atom stereocenters. The minimum atomic E-state index is -3.40. The SMILES string of the molecule is CC1CC(C)CN(S(=O)(=O)c2ccc(C#CCN)cc2)C1. The van der Waals surface area contributed by atoms with E-state index in [2.05, 4.69) is 25.7 Å². The van der Waals surface area contributed by atoms with E-state index < -0.39 is 10.0 Å². The van der Waals surface area contributed by atoms with Crippen molar-refractivity contribution in [3.05, 3.63) is 29.8 Å². The Kier molecular flexibility index (Phi) is 5.04. The maximum atomic E-state index is 12.7. The van der Waals surface area contributed by atoms with Crippen molar-refractivity contribution in [1.82, 2.24) is 4.31 Å². The molecular formula is C16H22N2O2S. The fraction of sp³-hybridized carbons (Fsp3) is 0.500. The van der Waals surface area contributed by atoms with E-state index in [0.29, 0.717) is 36.4 Å². The number of hydrogen-bond donors (Lipinski definition) is 1. The molecule has 2 rings (SSSR count). The highest BCUT2D eigenvalue weighted by Crippen LogP contribution is 2.26. The predicted molar refractivity (Wildman–Crippen MR) is 84.1 cm³/mol. The maximum Gasteiger partial charge on any atom is 0.243 e. The zero-order valence-corrected chi connectivity index (χ0v) is 13.4. The molecule has 0 saturated carbocycles. The molecule has 1 aromatic carbocycles. The third kappa shape index (κ3) is 3.85. The van der Waals surface area contributed by atoms with Gasteiger partial charge in [0.15, 0.2) is 0 Å². The summed E-state index contributed by atoms with van der Waals surface area (Å²) in [4.78, 5) is 0.335. The lowest BCUT2D eigenvalue weighted by Crippen LogP contribution is -2.42. The molecule has 0 spiro atoms. The molecule has 1 aromatic rings. The zero-order chi connectivity index (χ0) is 15.5. The van der Waals surface area contributed by atoms with Crippen molar-refractivity contribution < 1.29 is 8.42 Å². The molecule has 0 radical (unpaired) electrons. The molecule has 0 aromatic heterocycles. The Bertz CT molecular complexity index is 631. The molecule has 0 bridgehead atoms. The van der Waals surface area contributed by atoms with Crippen LogP contribution >= 0.6 is 0 Å². The molecule has 2 N–H and O–H groups in total. The van der Waals surface area contributed by atoms with E-state index in [1.54, 1.807) is 28.6 Å². The van der Waals surface area contributed by atoms with Crippen molar-refractivity contribution in [3.63, 3.8) is 0 Å². The van der Waals surface area contributed by atoms with Gasteiger partial charge in [0, 0.05) is 18.7 Å². The van der Waals surface area contributed by atoms with Crippen LogP contribution in [0.2, 0.25) is 0 Å². The number of piperidine rings is 1. The molecule has 0 aliphatic carbocycles. The van der Waals surface area contributed by atoms with Crippen LogP contribution in [0.5, 0.6) is 0 Å². The van der Waals surface area contributed by atoms with Gasteiger partial charge in [0.25, 0.3) is 0 Å². The fourth-order valence-corrected chi connectivity index (χ4v) is 4.49. The second kappa shape index (κ2) is 6.61. The lowest BCUT2D eigenvalue weighted by Gasteiger charge is -2.34. The average Bonchev–Trinajstić information content (AvgIpc) is 2.44. The Morgan fingerprint density at radius 2 is 1.76 bits per heavy atom. The number of hydrogen-bond acceptors (Lipinski definition) is 3. The molecule has 2 atom stereocenters. The van der Waals surface area contributed by atoms with Crippen LogP contribution in [-0.2, 0) is 10.0 Å². The molecule has 21 heavy (non-hydrogen) atoms. The van der Waals surface area contributed by atoms with Crippen LogP contribution in [0.15, 0.2) is 29.2 Å². The first kappa shape index (κ1) is 16.0. The Balaban J connectivity index is 2.23. The van der Waals surface area contributed by atoms with E-state index >= 15 is 0 Å². The molecule has 114 valence electrons. The van der Waals surface area contributed by atoms with Crippen LogP contribution in [0, 0.1) is 23.7 Å². The van der Waals surface area contributed by atoms with E-state index in [1.807, 2.05) is 0 Å². The molecule has 0 amide bonds. The minimum Gasteiger partial charge on any atom is -0.320 e. The van der Waals surface area contributed by atoms with Gasteiger partial charge in [0.05, 0.1) is 11.4 Å². The first-order valence-corrected chi connectivity index (χ1v) is 8.66. The van der Waals surface area contributed by atoms with Crippen molar-refractivity contribution >= 4 is 10.0 Å². The smallest absolute Gasteiger partial charge is 0.243 e.